The van der Waals surface area contributed by atoms with Crippen LogP contribution in [-0.2, 0) is 21.4 Å². The van der Waals surface area contributed by atoms with Crippen LogP contribution in [0.4, 0.5) is 0 Å². The molecule has 1 N–H and O–H groups in total. The van der Waals surface area contributed by atoms with Gasteiger partial charge in [0.1, 0.15) is 12.3 Å². The van der Waals surface area contributed by atoms with Gasteiger partial charge in [-0.25, -0.2) is 22.9 Å². The molecule has 0 saturated carbocycles. The third-order valence-corrected chi connectivity index (χ3v) is 5.59. The van der Waals surface area contributed by atoms with Crippen molar-refractivity contribution in [3.05, 3.63) is 75.8 Å². The van der Waals surface area contributed by atoms with E-state index < -0.39 is 16.0 Å². The molecule has 0 aliphatic heterocycles. The quantitative estimate of drug-likeness (QED) is 0.592. The summed E-state index contributed by atoms with van der Waals surface area (Å²) < 4.78 is 33.5. The molecular formula is C20H21N3O5S. The number of fused-ring (bicyclic) bond motifs is 1. The van der Waals surface area contributed by atoms with Crippen LogP contribution in [0.5, 0.6) is 0 Å². The minimum absolute atomic E-state index is 0.0159. The minimum Gasteiger partial charge on any atom is -0.456 e. The first-order valence-corrected chi connectivity index (χ1v) is 10.5. The molecule has 0 radical (unpaired) electrons. The van der Waals surface area contributed by atoms with Crippen LogP contribution in [0.2, 0.25) is 0 Å². The summed E-state index contributed by atoms with van der Waals surface area (Å²) in [5, 5.41) is 0. The number of aryl methyl sites for hydroxylation is 1. The van der Waals surface area contributed by atoms with E-state index in [0.717, 1.165) is 5.56 Å². The van der Waals surface area contributed by atoms with Gasteiger partial charge in [0.25, 0.3) is 5.56 Å². The fourth-order valence-corrected chi connectivity index (χ4v) is 3.84. The zero-order valence-electron chi connectivity index (χ0n) is 16.1. The number of rotatable bonds is 7. The number of nitrogens with zero attached hydrogens (tertiary/aromatic N) is 2. The van der Waals surface area contributed by atoms with Gasteiger partial charge in [-0.2, -0.15) is 0 Å². The van der Waals surface area contributed by atoms with E-state index in [9.17, 15) is 18.0 Å². The molecule has 0 saturated heterocycles. The average molecular weight is 415 g/mol. The molecule has 0 aliphatic rings. The van der Waals surface area contributed by atoms with E-state index >= 15 is 0 Å². The van der Waals surface area contributed by atoms with Crippen molar-refractivity contribution in [3.63, 3.8) is 0 Å². The number of benzene rings is 1. The maximum atomic E-state index is 12.4. The van der Waals surface area contributed by atoms with Crippen molar-refractivity contribution in [2.24, 2.45) is 0 Å². The Morgan fingerprint density at radius 2 is 2.00 bits per heavy atom. The average Bonchev–Trinajstić information content (AvgIpc) is 2.71. The summed E-state index contributed by atoms with van der Waals surface area (Å²) in [6.07, 6.45) is 2.33. The number of esters is 1. The van der Waals surface area contributed by atoms with Crippen molar-refractivity contribution in [1.82, 2.24) is 14.1 Å². The summed E-state index contributed by atoms with van der Waals surface area (Å²) in [5.41, 5.74) is 1.49. The van der Waals surface area contributed by atoms with Crippen LogP contribution in [0.1, 0.15) is 35.0 Å². The largest absolute Gasteiger partial charge is 0.456 e. The number of carbonyl (C=O) groups excluding carboxylic acids is 1. The Bertz CT molecular complexity index is 1220. The maximum Gasteiger partial charge on any atom is 0.338 e. The van der Waals surface area contributed by atoms with Crippen LogP contribution < -0.4 is 10.3 Å². The summed E-state index contributed by atoms with van der Waals surface area (Å²) in [6, 6.07) is 10.4. The fourth-order valence-electron chi connectivity index (χ4n) is 2.66. The summed E-state index contributed by atoms with van der Waals surface area (Å²) in [7, 11) is -3.69. The van der Waals surface area contributed by atoms with Crippen molar-refractivity contribution < 1.29 is 17.9 Å². The smallest absolute Gasteiger partial charge is 0.338 e. The van der Waals surface area contributed by atoms with Gasteiger partial charge in [-0.15, -0.1) is 0 Å². The highest BCUT2D eigenvalue weighted by atomic mass is 32.2. The Morgan fingerprint density at radius 1 is 1.21 bits per heavy atom. The molecule has 29 heavy (non-hydrogen) atoms. The van der Waals surface area contributed by atoms with Gasteiger partial charge in [0.15, 0.2) is 0 Å². The van der Waals surface area contributed by atoms with Crippen LogP contribution in [0, 0.1) is 6.92 Å². The summed E-state index contributed by atoms with van der Waals surface area (Å²) in [5.74, 6) is -0.705. The van der Waals surface area contributed by atoms with E-state index in [1.165, 1.54) is 34.7 Å². The van der Waals surface area contributed by atoms with Gasteiger partial charge in [0.05, 0.1) is 16.2 Å². The molecule has 2 aromatic heterocycles. The number of hydrogen-bond acceptors (Lipinski definition) is 6. The lowest BCUT2D eigenvalue weighted by molar-refractivity contribution is 0.0467. The van der Waals surface area contributed by atoms with Crippen molar-refractivity contribution in [1.29, 1.82) is 0 Å². The van der Waals surface area contributed by atoms with Gasteiger partial charge < -0.3 is 4.74 Å². The number of pyridine rings is 1. The second kappa shape index (κ2) is 8.54. The number of aromatic nitrogens is 2. The molecule has 0 atom stereocenters. The van der Waals surface area contributed by atoms with Crippen LogP contribution in [0.15, 0.2) is 58.4 Å². The van der Waals surface area contributed by atoms with Crippen LogP contribution in [0.25, 0.3) is 5.65 Å². The lowest BCUT2D eigenvalue weighted by Gasteiger charge is -2.09. The number of ether oxygens (including phenoxy) is 1. The highest BCUT2D eigenvalue weighted by Crippen LogP contribution is 2.13. The lowest BCUT2D eigenvalue weighted by Crippen LogP contribution is -2.24. The van der Waals surface area contributed by atoms with E-state index in [1.807, 2.05) is 19.9 Å². The molecule has 0 unspecified atom stereocenters. The minimum atomic E-state index is -3.69. The van der Waals surface area contributed by atoms with Crippen molar-refractivity contribution in [3.8, 4) is 0 Å². The number of nitrogens with one attached hydrogen (secondary N) is 1. The molecule has 8 nitrogen and oxygen atoms in total. The van der Waals surface area contributed by atoms with Gasteiger partial charge in [-0.1, -0.05) is 19.1 Å². The summed E-state index contributed by atoms with van der Waals surface area (Å²) >= 11 is 0. The van der Waals surface area contributed by atoms with Gasteiger partial charge in [0.2, 0.25) is 10.0 Å². The first kappa shape index (κ1) is 20.7. The zero-order chi connectivity index (χ0) is 21.0. The summed E-state index contributed by atoms with van der Waals surface area (Å²) in [6.45, 7) is 3.82. The Labute approximate surface area is 168 Å². The third kappa shape index (κ3) is 4.87. The molecule has 0 bridgehead atoms. The van der Waals surface area contributed by atoms with E-state index in [1.54, 1.807) is 12.3 Å². The topological polar surface area (TPSA) is 107 Å². The molecule has 1 aromatic carbocycles. The lowest BCUT2D eigenvalue weighted by atomic mass is 10.2. The van der Waals surface area contributed by atoms with Gasteiger partial charge >= 0.3 is 5.97 Å². The maximum absolute atomic E-state index is 12.4. The van der Waals surface area contributed by atoms with Crippen molar-refractivity contribution in [2.45, 2.75) is 31.8 Å². The predicted octanol–water partition coefficient (Wildman–Crippen LogP) is 2.05. The van der Waals surface area contributed by atoms with E-state index in [-0.39, 0.29) is 22.6 Å². The first-order chi connectivity index (χ1) is 13.8. The van der Waals surface area contributed by atoms with Crippen molar-refractivity contribution in [2.75, 3.05) is 6.54 Å². The zero-order valence-corrected chi connectivity index (χ0v) is 16.9. The van der Waals surface area contributed by atoms with E-state index in [4.69, 9.17) is 4.74 Å². The number of hydrogen-bond donors (Lipinski definition) is 1. The van der Waals surface area contributed by atoms with Crippen LogP contribution >= 0.6 is 0 Å². The van der Waals surface area contributed by atoms with Crippen molar-refractivity contribution >= 4 is 21.6 Å². The molecule has 2 heterocycles. The molecule has 0 fully saturated rings. The fraction of sp³-hybridized carbons (Fsp3) is 0.250. The molecule has 0 spiro atoms. The third-order valence-electron chi connectivity index (χ3n) is 4.13. The molecule has 0 amide bonds. The van der Waals surface area contributed by atoms with Gasteiger partial charge in [0, 0.05) is 18.8 Å². The second-order valence-electron chi connectivity index (χ2n) is 6.52. The monoisotopic (exact) mass is 415 g/mol. The Morgan fingerprint density at radius 3 is 2.76 bits per heavy atom. The highest BCUT2D eigenvalue weighted by Gasteiger charge is 2.16. The first-order valence-electron chi connectivity index (χ1n) is 9.06. The Kier molecular flexibility index (Phi) is 6.09. The number of sulfonamides is 1. The predicted molar refractivity (Wildman–Crippen MR) is 107 cm³/mol. The standard InChI is InChI=1S/C20H21N3O5S/c1-3-9-21-29(26,27)17-6-4-5-15(10-17)20(25)28-13-16-11-19(24)23-12-14(2)7-8-18(23)22-16/h4-8,10-12,21H,3,9,13H2,1-2H3. The van der Waals surface area contributed by atoms with Gasteiger partial charge in [-0.05, 0) is 43.2 Å². The molecule has 3 rings (SSSR count). The molecule has 152 valence electrons. The van der Waals surface area contributed by atoms with Crippen LogP contribution in [0.3, 0.4) is 0 Å². The number of carbonyl (C=O) groups is 1. The molecule has 0 aliphatic carbocycles. The van der Waals surface area contributed by atoms with Gasteiger partial charge in [-0.3, -0.25) is 9.20 Å². The SMILES string of the molecule is CCCNS(=O)(=O)c1cccc(C(=O)OCc2cc(=O)n3cc(C)ccc3n2)c1. The normalized spacial score (nSPS) is 11.5. The Balaban J connectivity index is 1.76. The van der Waals surface area contributed by atoms with E-state index in [2.05, 4.69) is 9.71 Å². The molecule has 9 heteroatoms. The Hall–Kier alpha value is -3.04. The second-order valence-corrected chi connectivity index (χ2v) is 8.29. The van der Waals surface area contributed by atoms with E-state index in [0.29, 0.717) is 24.3 Å². The molecule has 3 aromatic rings. The molecular weight excluding hydrogens is 394 g/mol. The summed E-state index contributed by atoms with van der Waals surface area (Å²) in [4.78, 5) is 28.9. The van der Waals surface area contributed by atoms with Crippen LogP contribution in [-0.4, -0.2) is 30.3 Å². The highest BCUT2D eigenvalue weighted by molar-refractivity contribution is 7.89.